The molecule has 0 unspecified atom stereocenters. The van der Waals surface area contributed by atoms with Gasteiger partial charge in [-0.05, 0) is 5.56 Å². The Morgan fingerprint density at radius 3 is 2.69 bits per heavy atom. The van der Waals surface area contributed by atoms with E-state index in [-0.39, 0.29) is 12.1 Å². The standard InChI is InChI=1S/C19H20N6O/c1-2-10-25-18(26)17-16(13-21-25)22-19(23-11-8-20-9-12-23)24(17)14-15-6-4-3-5-7-15/h1,3-7,13,20H,8-12,14H2. The molecular weight excluding hydrogens is 328 g/mol. The third kappa shape index (κ3) is 2.95. The van der Waals surface area contributed by atoms with Crippen molar-refractivity contribution in [3.05, 3.63) is 52.4 Å². The van der Waals surface area contributed by atoms with Crippen molar-refractivity contribution in [2.75, 3.05) is 31.1 Å². The molecule has 1 N–H and O–H groups in total. The summed E-state index contributed by atoms with van der Waals surface area (Å²) < 4.78 is 3.31. The molecule has 1 saturated heterocycles. The third-order valence-electron chi connectivity index (χ3n) is 4.56. The summed E-state index contributed by atoms with van der Waals surface area (Å²) in [4.78, 5) is 19.9. The van der Waals surface area contributed by atoms with E-state index in [1.54, 1.807) is 6.20 Å². The fourth-order valence-electron chi connectivity index (χ4n) is 3.29. The molecule has 3 heterocycles. The summed E-state index contributed by atoms with van der Waals surface area (Å²) in [5.41, 5.74) is 2.06. The van der Waals surface area contributed by atoms with Crippen LogP contribution in [-0.4, -0.2) is 45.5 Å². The minimum absolute atomic E-state index is 0.147. The Labute approximate surface area is 151 Å². The highest BCUT2D eigenvalue weighted by molar-refractivity contribution is 5.77. The molecule has 0 amide bonds. The number of benzene rings is 1. The third-order valence-corrected chi connectivity index (χ3v) is 4.56. The number of nitrogens with one attached hydrogen (secondary N) is 1. The van der Waals surface area contributed by atoms with Crippen LogP contribution in [0.3, 0.4) is 0 Å². The smallest absolute Gasteiger partial charge is 0.293 e. The van der Waals surface area contributed by atoms with Crippen LogP contribution < -0.4 is 15.8 Å². The van der Waals surface area contributed by atoms with E-state index < -0.39 is 0 Å². The Bertz CT molecular complexity index is 1010. The van der Waals surface area contributed by atoms with Gasteiger partial charge in [-0.3, -0.25) is 4.79 Å². The highest BCUT2D eigenvalue weighted by Gasteiger charge is 2.21. The van der Waals surface area contributed by atoms with E-state index in [2.05, 4.69) is 33.4 Å². The maximum absolute atomic E-state index is 12.9. The predicted octanol–water partition coefficient (Wildman–Crippen LogP) is 0.684. The first-order chi connectivity index (χ1) is 12.8. The lowest BCUT2D eigenvalue weighted by atomic mass is 10.2. The van der Waals surface area contributed by atoms with E-state index in [1.807, 2.05) is 22.8 Å². The lowest BCUT2D eigenvalue weighted by molar-refractivity contribution is 0.571. The maximum Gasteiger partial charge on any atom is 0.293 e. The number of terminal acetylenes is 1. The van der Waals surface area contributed by atoms with Crippen molar-refractivity contribution >= 4 is 17.0 Å². The SMILES string of the molecule is C#CCn1ncc2nc(N3CCNCC3)n(Cc3ccccc3)c2c1=O. The van der Waals surface area contributed by atoms with E-state index in [4.69, 9.17) is 11.4 Å². The number of fused-ring (bicyclic) bond motifs is 1. The van der Waals surface area contributed by atoms with Gasteiger partial charge in [0.15, 0.2) is 0 Å². The van der Waals surface area contributed by atoms with Gasteiger partial charge in [0.05, 0.1) is 12.7 Å². The molecule has 7 heteroatoms. The number of aromatic nitrogens is 4. The van der Waals surface area contributed by atoms with Crippen molar-refractivity contribution in [2.24, 2.45) is 0 Å². The van der Waals surface area contributed by atoms with Crippen LogP contribution >= 0.6 is 0 Å². The molecule has 1 aliphatic rings. The molecule has 26 heavy (non-hydrogen) atoms. The van der Waals surface area contributed by atoms with Gasteiger partial charge in [-0.25, -0.2) is 9.67 Å². The van der Waals surface area contributed by atoms with Crippen molar-refractivity contribution in [1.29, 1.82) is 0 Å². The normalized spacial score (nSPS) is 14.5. The summed E-state index contributed by atoms with van der Waals surface area (Å²) in [6.45, 7) is 4.22. The highest BCUT2D eigenvalue weighted by Crippen LogP contribution is 2.22. The maximum atomic E-state index is 12.9. The van der Waals surface area contributed by atoms with E-state index in [9.17, 15) is 4.79 Å². The molecule has 132 valence electrons. The van der Waals surface area contributed by atoms with Crippen LogP contribution in [0.5, 0.6) is 0 Å². The summed E-state index contributed by atoms with van der Waals surface area (Å²) in [7, 11) is 0. The van der Waals surface area contributed by atoms with Gasteiger partial charge in [-0.2, -0.15) is 5.10 Å². The van der Waals surface area contributed by atoms with Gasteiger partial charge in [-0.1, -0.05) is 36.3 Å². The summed E-state index contributed by atoms with van der Waals surface area (Å²) in [6.07, 6.45) is 7.00. The quantitative estimate of drug-likeness (QED) is 0.703. The summed E-state index contributed by atoms with van der Waals surface area (Å²) in [5.74, 6) is 3.29. The van der Waals surface area contributed by atoms with Crippen LogP contribution in [0, 0.1) is 12.3 Å². The summed E-state index contributed by atoms with van der Waals surface area (Å²) in [6, 6.07) is 10.1. The van der Waals surface area contributed by atoms with Gasteiger partial charge in [0.1, 0.15) is 17.6 Å². The largest absolute Gasteiger partial charge is 0.340 e. The Morgan fingerprint density at radius 1 is 1.19 bits per heavy atom. The van der Waals surface area contributed by atoms with Crippen LogP contribution in [0.1, 0.15) is 5.56 Å². The van der Waals surface area contributed by atoms with Gasteiger partial charge < -0.3 is 14.8 Å². The molecule has 2 aromatic heterocycles. The first-order valence-corrected chi connectivity index (χ1v) is 8.67. The Morgan fingerprint density at radius 2 is 1.96 bits per heavy atom. The topological polar surface area (TPSA) is 68.0 Å². The molecule has 1 fully saturated rings. The van der Waals surface area contributed by atoms with Crippen LogP contribution in [-0.2, 0) is 13.1 Å². The fraction of sp³-hybridized carbons (Fsp3) is 0.316. The zero-order valence-corrected chi connectivity index (χ0v) is 14.4. The summed E-state index contributed by atoms with van der Waals surface area (Å²) in [5, 5.41) is 7.50. The lowest BCUT2D eigenvalue weighted by Crippen LogP contribution is -2.44. The molecule has 4 rings (SSSR count). The second kappa shape index (κ2) is 7.02. The molecule has 0 atom stereocenters. The zero-order chi connectivity index (χ0) is 17.9. The molecule has 7 nitrogen and oxygen atoms in total. The average Bonchev–Trinajstić information content (AvgIpc) is 3.05. The second-order valence-electron chi connectivity index (χ2n) is 6.27. The first kappa shape index (κ1) is 16.4. The van der Waals surface area contributed by atoms with E-state index in [1.165, 1.54) is 4.68 Å². The minimum Gasteiger partial charge on any atom is -0.340 e. The average molecular weight is 348 g/mol. The number of piperazine rings is 1. The Hall–Kier alpha value is -3.11. The lowest BCUT2D eigenvalue weighted by Gasteiger charge is -2.28. The molecule has 0 aliphatic carbocycles. The molecular formula is C19H20N6O. The molecule has 0 radical (unpaired) electrons. The monoisotopic (exact) mass is 348 g/mol. The highest BCUT2D eigenvalue weighted by atomic mass is 16.1. The number of rotatable bonds is 4. The van der Waals surface area contributed by atoms with Gasteiger partial charge >= 0.3 is 0 Å². The number of imidazole rings is 1. The number of hydrogen-bond donors (Lipinski definition) is 1. The molecule has 3 aromatic rings. The van der Waals surface area contributed by atoms with Crippen LogP contribution in [0.25, 0.3) is 11.0 Å². The van der Waals surface area contributed by atoms with Crippen molar-refractivity contribution < 1.29 is 0 Å². The second-order valence-corrected chi connectivity index (χ2v) is 6.27. The number of hydrogen-bond acceptors (Lipinski definition) is 5. The van der Waals surface area contributed by atoms with Crippen molar-refractivity contribution in [3.8, 4) is 12.3 Å². The van der Waals surface area contributed by atoms with Crippen LogP contribution in [0.15, 0.2) is 41.3 Å². The molecule has 0 spiro atoms. The molecule has 0 saturated carbocycles. The van der Waals surface area contributed by atoms with E-state index in [0.29, 0.717) is 17.6 Å². The van der Waals surface area contributed by atoms with Crippen LogP contribution in [0.4, 0.5) is 5.95 Å². The fourth-order valence-corrected chi connectivity index (χ4v) is 3.29. The van der Waals surface area contributed by atoms with Crippen molar-refractivity contribution in [3.63, 3.8) is 0 Å². The Balaban J connectivity index is 1.89. The zero-order valence-electron chi connectivity index (χ0n) is 14.4. The summed E-state index contributed by atoms with van der Waals surface area (Å²) >= 11 is 0. The van der Waals surface area contributed by atoms with Gasteiger partial charge in [0.2, 0.25) is 5.95 Å². The first-order valence-electron chi connectivity index (χ1n) is 8.67. The van der Waals surface area contributed by atoms with E-state index >= 15 is 0 Å². The van der Waals surface area contributed by atoms with Gasteiger partial charge in [0, 0.05) is 26.2 Å². The van der Waals surface area contributed by atoms with Crippen LogP contribution in [0.2, 0.25) is 0 Å². The predicted molar refractivity (Wildman–Crippen MR) is 101 cm³/mol. The minimum atomic E-state index is -0.203. The molecule has 0 bridgehead atoms. The van der Waals surface area contributed by atoms with Crippen molar-refractivity contribution in [2.45, 2.75) is 13.1 Å². The number of anilines is 1. The Kier molecular flexibility index (Phi) is 4.42. The van der Waals surface area contributed by atoms with E-state index in [0.717, 1.165) is 37.7 Å². The van der Waals surface area contributed by atoms with Gasteiger partial charge in [0.25, 0.3) is 5.56 Å². The van der Waals surface area contributed by atoms with Gasteiger partial charge in [-0.15, -0.1) is 6.42 Å². The number of nitrogens with zero attached hydrogens (tertiary/aromatic N) is 5. The van der Waals surface area contributed by atoms with Crippen molar-refractivity contribution in [1.82, 2.24) is 24.6 Å². The molecule has 1 aliphatic heterocycles. The molecule has 1 aromatic carbocycles.